The summed E-state index contributed by atoms with van der Waals surface area (Å²) >= 11 is 0. The number of halogens is 1. The minimum atomic E-state index is -0.256. The maximum atomic E-state index is 13.0. The van der Waals surface area contributed by atoms with Crippen molar-refractivity contribution in [1.29, 1.82) is 0 Å². The Morgan fingerprint density at radius 1 is 1.15 bits per heavy atom. The second kappa shape index (κ2) is 6.28. The number of rotatable bonds is 5. The number of benzene rings is 2. The zero-order chi connectivity index (χ0) is 14.5. The van der Waals surface area contributed by atoms with Gasteiger partial charge in [-0.05, 0) is 49.4 Å². The van der Waals surface area contributed by atoms with Gasteiger partial charge in [-0.15, -0.1) is 0 Å². The van der Waals surface area contributed by atoms with Crippen molar-refractivity contribution in [3.63, 3.8) is 0 Å². The molecule has 0 radical (unpaired) electrons. The van der Waals surface area contributed by atoms with Crippen LogP contribution in [0.2, 0.25) is 0 Å². The van der Waals surface area contributed by atoms with E-state index in [4.69, 9.17) is 4.74 Å². The maximum Gasteiger partial charge on any atom is 0.123 e. The molecule has 0 aromatic heterocycles. The first-order chi connectivity index (χ1) is 9.63. The number of hydrogen-bond donors (Lipinski definition) is 1. The molecule has 1 N–H and O–H groups in total. The third-order valence-electron chi connectivity index (χ3n) is 3.22. The number of methoxy groups -OCH3 is 1. The van der Waals surface area contributed by atoms with Crippen molar-refractivity contribution in [3.8, 4) is 11.5 Å². The van der Waals surface area contributed by atoms with Crippen LogP contribution in [-0.2, 0) is 6.54 Å². The summed E-state index contributed by atoms with van der Waals surface area (Å²) in [6, 6.07) is 11.5. The molecule has 0 bridgehead atoms. The van der Waals surface area contributed by atoms with E-state index in [1.807, 2.05) is 17.9 Å². The van der Waals surface area contributed by atoms with Crippen LogP contribution in [0.3, 0.4) is 0 Å². The number of phenols is 1. The monoisotopic (exact) mass is 275 g/mol. The third kappa shape index (κ3) is 3.20. The molecule has 0 aliphatic heterocycles. The van der Waals surface area contributed by atoms with Gasteiger partial charge in [0.25, 0.3) is 0 Å². The fourth-order valence-electron chi connectivity index (χ4n) is 2.06. The van der Waals surface area contributed by atoms with E-state index in [1.54, 1.807) is 31.4 Å². The van der Waals surface area contributed by atoms with E-state index in [-0.39, 0.29) is 11.6 Å². The molecule has 0 aliphatic rings. The molecule has 4 heteroatoms. The predicted octanol–water partition coefficient (Wildman–Crippen LogP) is 3.57. The highest BCUT2D eigenvalue weighted by atomic mass is 19.1. The van der Waals surface area contributed by atoms with E-state index in [1.165, 1.54) is 12.1 Å². The normalized spacial score (nSPS) is 10.3. The lowest BCUT2D eigenvalue weighted by molar-refractivity contribution is 0.410. The van der Waals surface area contributed by atoms with E-state index in [0.29, 0.717) is 12.3 Å². The van der Waals surface area contributed by atoms with Crippen LogP contribution in [0.25, 0.3) is 0 Å². The number of ether oxygens (including phenoxy) is 1. The molecule has 0 saturated carbocycles. The highest BCUT2D eigenvalue weighted by Crippen LogP contribution is 2.26. The Labute approximate surface area is 118 Å². The summed E-state index contributed by atoms with van der Waals surface area (Å²) in [5.41, 5.74) is 1.69. The largest absolute Gasteiger partial charge is 0.508 e. The van der Waals surface area contributed by atoms with Gasteiger partial charge in [0.1, 0.15) is 17.3 Å². The minimum Gasteiger partial charge on any atom is -0.508 e. The first kappa shape index (κ1) is 14.2. The molecule has 2 aromatic carbocycles. The van der Waals surface area contributed by atoms with Crippen LogP contribution in [0.15, 0.2) is 42.5 Å². The molecule has 0 spiro atoms. The summed E-state index contributed by atoms with van der Waals surface area (Å²) < 4.78 is 18.1. The first-order valence-electron chi connectivity index (χ1n) is 6.50. The minimum absolute atomic E-state index is 0.228. The van der Waals surface area contributed by atoms with Crippen molar-refractivity contribution < 1.29 is 14.2 Å². The third-order valence-corrected chi connectivity index (χ3v) is 3.22. The highest BCUT2D eigenvalue weighted by molar-refractivity contribution is 5.49. The van der Waals surface area contributed by atoms with Crippen molar-refractivity contribution in [1.82, 2.24) is 0 Å². The molecular weight excluding hydrogens is 257 g/mol. The molecule has 0 amide bonds. The summed E-state index contributed by atoms with van der Waals surface area (Å²) in [4.78, 5) is 2.05. The van der Waals surface area contributed by atoms with Crippen molar-refractivity contribution in [2.24, 2.45) is 0 Å². The van der Waals surface area contributed by atoms with E-state index < -0.39 is 0 Å². The topological polar surface area (TPSA) is 32.7 Å². The second-order valence-electron chi connectivity index (χ2n) is 4.49. The fraction of sp³-hybridized carbons (Fsp3) is 0.250. The first-order valence-corrected chi connectivity index (χ1v) is 6.50. The molecule has 2 rings (SSSR count). The van der Waals surface area contributed by atoms with Gasteiger partial charge < -0.3 is 14.7 Å². The number of nitrogens with zero attached hydrogens (tertiary/aromatic N) is 1. The Balaban J connectivity index is 2.23. The predicted molar refractivity (Wildman–Crippen MR) is 77.8 cm³/mol. The lowest BCUT2D eigenvalue weighted by Crippen LogP contribution is -2.22. The van der Waals surface area contributed by atoms with Gasteiger partial charge in [-0.3, -0.25) is 0 Å². The van der Waals surface area contributed by atoms with Crippen molar-refractivity contribution in [3.05, 3.63) is 53.8 Å². The average molecular weight is 275 g/mol. The van der Waals surface area contributed by atoms with Gasteiger partial charge >= 0.3 is 0 Å². The SMILES string of the molecule is CCN(Cc1cc(OC)ccc1O)c1ccc(F)cc1. The highest BCUT2D eigenvalue weighted by Gasteiger charge is 2.10. The quantitative estimate of drug-likeness (QED) is 0.905. The molecule has 0 aliphatic carbocycles. The molecule has 2 aromatic rings. The van der Waals surface area contributed by atoms with Crippen molar-refractivity contribution in [2.75, 3.05) is 18.6 Å². The van der Waals surface area contributed by atoms with Crippen LogP contribution in [0.4, 0.5) is 10.1 Å². The second-order valence-corrected chi connectivity index (χ2v) is 4.49. The summed E-state index contributed by atoms with van der Waals surface area (Å²) in [6.07, 6.45) is 0. The van der Waals surface area contributed by atoms with Crippen LogP contribution in [0.5, 0.6) is 11.5 Å². The summed E-state index contributed by atoms with van der Waals surface area (Å²) in [5.74, 6) is 0.674. The smallest absolute Gasteiger partial charge is 0.123 e. The molecule has 106 valence electrons. The Morgan fingerprint density at radius 2 is 1.85 bits per heavy atom. The van der Waals surface area contributed by atoms with Crippen LogP contribution < -0.4 is 9.64 Å². The van der Waals surface area contributed by atoms with Gasteiger partial charge in [0, 0.05) is 24.3 Å². The molecular formula is C16H18FNO2. The van der Waals surface area contributed by atoms with Crippen molar-refractivity contribution in [2.45, 2.75) is 13.5 Å². The standard InChI is InChI=1S/C16H18FNO2/c1-3-18(14-6-4-13(17)5-7-14)11-12-10-15(20-2)8-9-16(12)19/h4-10,19H,3,11H2,1-2H3. The van der Waals surface area contributed by atoms with E-state index >= 15 is 0 Å². The van der Waals surface area contributed by atoms with Crippen LogP contribution >= 0.6 is 0 Å². The lowest BCUT2D eigenvalue weighted by Gasteiger charge is -2.24. The van der Waals surface area contributed by atoms with Crippen LogP contribution in [0, 0.1) is 5.82 Å². The van der Waals surface area contributed by atoms with Gasteiger partial charge in [0.15, 0.2) is 0 Å². The maximum absolute atomic E-state index is 13.0. The van der Waals surface area contributed by atoms with Gasteiger partial charge in [-0.25, -0.2) is 4.39 Å². The van der Waals surface area contributed by atoms with Gasteiger partial charge in [0.05, 0.1) is 7.11 Å². The number of anilines is 1. The Hall–Kier alpha value is -2.23. The van der Waals surface area contributed by atoms with Crippen LogP contribution in [-0.4, -0.2) is 18.8 Å². The summed E-state index contributed by atoms with van der Waals surface area (Å²) in [5, 5.41) is 9.92. The summed E-state index contributed by atoms with van der Waals surface area (Å²) in [7, 11) is 1.59. The Kier molecular flexibility index (Phi) is 4.45. The van der Waals surface area contributed by atoms with E-state index in [2.05, 4.69) is 0 Å². The Morgan fingerprint density at radius 3 is 2.45 bits per heavy atom. The Bertz CT molecular complexity index is 569. The van der Waals surface area contributed by atoms with Gasteiger partial charge in [0.2, 0.25) is 0 Å². The summed E-state index contributed by atoms with van der Waals surface area (Å²) in [6.45, 7) is 3.30. The molecule has 0 saturated heterocycles. The van der Waals surface area contributed by atoms with E-state index in [0.717, 1.165) is 17.8 Å². The van der Waals surface area contributed by atoms with Crippen molar-refractivity contribution >= 4 is 5.69 Å². The van der Waals surface area contributed by atoms with Crippen LogP contribution in [0.1, 0.15) is 12.5 Å². The number of aromatic hydroxyl groups is 1. The number of phenolic OH excluding ortho intramolecular Hbond substituents is 1. The van der Waals surface area contributed by atoms with Gasteiger partial charge in [-0.2, -0.15) is 0 Å². The molecule has 20 heavy (non-hydrogen) atoms. The number of hydrogen-bond acceptors (Lipinski definition) is 3. The molecule has 0 fully saturated rings. The zero-order valence-electron chi connectivity index (χ0n) is 11.6. The van der Waals surface area contributed by atoms with E-state index in [9.17, 15) is 9.50 Å². The lowest BCUT2D eigenvalue weighted by atomic mass is 10.1. The van der Waals surface area contributed by atoms with Gasteiger partial charge in [-0.1, -0.05) is 0 Å². The fourth-order valence-corrected chi connectivity index (χ4v) is 2.06. The zero-order valence-corrected chi connectivity index (χ0v) is 11.6. The average Bonchev–Trinajstić information content (AvgIpc) is 2.47. The molecule has 3 nitrogen and oxygen atoms in total. The molecule has 0 heterocycles. The molecule has 0 unspecified atom stereocenters. The molecule has 0 atom stereocenters.